The predicted molar refractivity (Wildman–Crippen MR) is 61.1 cm³/mol. The Morgan fingerprint density at radius 1 is 1.00 bits per heavy atom. The summed E-state index contributed by atoms with van der Waals surface area (Å²) in [6.45, 7) is 2.23. The molecule has 0 saturated heterocycles. The highest BCUT2D eigenvalue weighted by Gasteiger charge is 2.42. The van der Waals surface area contributed by atoms with Gasteiger partial charge in [0, 0.05) is 6.04 Å². The van der Waals surface area contributed by atoms with E-state index in [1.807, 2.05) is 0 Å². The summed E-state index contributed by atoms with van der Waals surface area (Å²) in [6, 6.07) is 0.424. The van der Waals surface area contributed by atoms with Gasteiger partial charge in [0.2, 0.25) is 0 Å². The summed E-state index contributed by atoms with van der Waals surface area (Å²) in [6.07, 6.45) is 13.1. The van der Waals surface area contributed by atoms with Crippen LogP contribution in [0.4, 0.5) is 0 Å². The second-order valence-electron chi connectivity index (χ2n) is 5.63. The Morgan fingerprint density at radius 2 is 1.57 bits per heavy atom. The molecule has 0 radical (unpaired) electrons. The maximum Gasteiger partial charge on any atom is 0.00440 e. The number of hydrogen-bond acceptors (Lipinski definition) is 1. The van der Waals surface area contributed by atoms with Crippen LogP contribution < -0.4 is 5.73 Å². The molecule has 0 aromatic rings. The molecule has 2 aliphatic carbocycles. The standard InChI is InChI=1S/C13H25N/c1-11(14)12-7-3-6-10-13(12)8-4-2-5-9-13/h11-12H,2-10,14H2,1H3. The Labute approximate surface area is 88.4 Å². The molecule has 2 atom stereocenters. The molecule has 0 bridgehead atoms. The fraction of sp³-hybridized carbons (Fsp3) is 1.00. The predicted octanol–water partition coefficient (Wildman–Crippen LogP) is 3.47. The van der Waals surface area contributed by atoms with Gasteiger partial charge in [-0.15, -0.1) is 0 Å². The van der Waals surface area contributed by atoms with Crippen LogP contribution in [-0.4, -0.2) is 6.04 Å². The lowest BCUT2D eigenvalue weighted by atomic mass is 9.58. The fourth-order valence-corrected chi connectivity index (χ4v) is 4.03. The van der Waals surface area contributed by atoms with Crippen LogP contribution in [0, 0.1) is 11.3 Å². The molecule has 1 nitrogen and oxygen atoms in total. The first kappa shape index (κ1) is 10.5. The molecule has 0 aromatic carbocycles. The second-order valence-corrected chi connectivity index (χ2v) is 5.63. The van der Waals surface area contributed by atoms with Gasteiger partial charge in [0.1, 0.15) is 0 Å². The van der Waals surface area contributed by atoms with Crippen LogP contribution in [0.3, 0.4) is 0 Å². The monoisotopic (exact) mass is 195 g/mol. The SMILES string of the molecule is CC(N)C1CCCCC12CCCCC2. The molecule has 2 rings (SSSR count). The molecule has 2 unspecified atom stereocenters. The van der Waals surface area contributed by atoms with E-state index in [2.05, 4.69) is 6.92 Å². The molecule has 0 aliphatic heterocycles. The molecule has 1 heteroatoms. The zero-order chi connectivity index (χ0) is 10.0. The van der Waals surface area contributed by atoms with Crippen molar-refractivity contribution in [2.45, 2.75) is 70.8 Å². The summed E-state index contributed by atoms with van der Waals surface area (Å²) in [5, 5.41) is 0. The summed E-state index contributed by atoms with van der Waals surface area (Å²) >= 11 is 0. The van der Waals surface area contributed by atoms with Gasteiger partial charge >= 0.3 is 0 Å². The van der Waals surface area contributed by atoms with Gasteiger partial charge in [-0.2, -0.15) is 0 Å². The summed E-state index contributed by atoms with van der Waals surface area (Å²) in [5.41, 5.74) is 6.84. The third kappa shape index (κ3) is 1.84. The minimum Gasteiger partial charge on any atom is -0.328 e. The van der Waals surface area contributed by atoms with Crippen molar-refractivity contribution in [1.29, 1.82) is 0 Å². The maximum absolute atomic E-state index is 6.17. The van der Waals surface area contributed by atoms with Gasteiger partial charge in [-0.05, 0) is 43.9 Å². The Bertz CT molecular complexity index is 171. The zero-order valence-electron chi connectivity index (χ0n) is 9.60. The van der Waals surface area contributed by atoms with Crippen molar-refractivity contribution >= 4 is 0 Å². The van der Waals surface area contributed by atoms with Gasteiger partial charge in [-0.25, -0.2) is 0 Å². The van der Waals surface area contributed by atoms with Crippen molar-refractivity contribution < 1.29 is 0 Å². The van der Waals surface area contributed by atoms with E-state index in [0.717, 1.165) is 5.92 Å². The Morgan fingerprint density at radius 3 is 2.14 bits per heavy atom. The smallest absolute Gasteiger partial charge is 0.00440 e. The average molecular weight is 195 g/mol. The highest BCUT2D eigenvalue weighted by molar-refractivity contribution is 4.94. The van der Waals surface area contributed by atoms with Gasteiger partial charge in [0.05, 0.1) is 0 Å². The zero-order valence-corrected chi connectivity index (χ0v) is 9.60. The maximum atomic E-state index is 6.17. The molecule has 0 aromatic heterocycles. The van der Waals surface area contributed by atoms with E-state index < -0.39 is 0 Å². The van der Waals surface area contributed by atoms with E-state index in [1.165, 1.54) is 57.8 Å². The molecular weight excluding hydrogens is 170 g/mol. The summed E-state index contributed by atoms with van der Waals surface area (Å²) in [4.78, 5) is 0. The lowest BCUT2D eigenvalue weighted by Crippen LogP contribution is -2.44. The van der Waals surface area contributed by atoms with E-state index >= 15 is 0 Å². The van der Waals surface area contributed by atoms with Gasteiger partial charge in [-0.1, -0.05) is 32.1 Å². The molecule has 2 N–H and O–H groups in total. The first-order valence-electron chi connectivity index (χ1n) is 6.50. The van der Waals surface area contributed by atoms with Crippen LogP contribution in [0.5, 0.6) is 0 Å². The van der Waals surface area contributed by atoms with Crippen LogP contribution in [0.2, 0.25) is 0 Å². The topological polar surface area (TPSA) is 26.0 Å². The Balaban J connectivity index is 2.10. The van der Waals surface area contributed by atoms with Gasteiger partial charge < -0.3 is 5.73 Å². The van der Waals surface area contributed by atoms with E-state index in [4.69, 9.17) is 5.73 Å². The summed E-state index contributed by atoms with van der Waals surface area (Å²) < 4.78 is 0. The van der Waals surface area contributed by atoms with Gasteiger partial charge in [0.25, 0.3) is 0 Å². The number of hydrogen-bond donors (Lipinski definition) is 1. The van der Waals surface area contributed by atoms with Crippen LogP contribution in [0.1, 0.15) is 64.7 Å². The minimum atomic E-state index is 0.424. The number of rotatable bonds is 1. The Hall–Kier alpha value is -0.0400. The molecular formula is C13H25N. The molecule has 0 amide bonds. The summed E-state index contributed by atoms with van der Waals surface area (Å²) in [5.74, 6) is 0.830. The molecule has 82 valence electrons. The van der Waals surface area contributed by atoms with Crippen molar-refractivity contribution in [3.05, 3.63) is 0 Å². The highest BCUT2D eigenvalue weighted by atomic mass is 14.7. The van der Waals surface area contributed by atoms with E-state index in [9.17, 15) is 0 Å². The average Bonchev–Trinajstić information content (AvgIpc) is 2.19. The van der Waals surface area contributed by atoms with Crippen molar-refractivity contribution in [3.8, 4) is 0 Å². The van der Waals surface area contributed by atoms with Gasteiger partial charge in [0.15, 0.2) is 0 Å². The van der Waals surface area contributed by atoms with Crippen molar-refractivity contribution in [1.82, 2.24) is 0 Å². The third-order valence-electron chi connectivity index (χ3n) is 4.71. The highest BCUT2D eigenvalue weighted by Crippen LogP contribution is 2.51. The molecule has 1 spiro atoms. The molecule has 2 aliphatic rings. The largest absolute Gasteiger partial charge is 0.328 e. The Kier molecular flexibility index (Phi) is 3.16. The minimum absolute atomic E-state index is 0.424. The normalized spacial score (nSPS) is 34.3. The third-order valence-corrected chi connectivity index (χ3v) is 4.71. The van der Waals surface area contributed by atoms with E-state index in [1.54, 1.807) is 0 Å². The molecule has 0 heterocycles. The number of nitrogens with two attached hydrogens (primary N) is 1. The first-order valence-corrected chi connectivity index (χ1v) is 6.50. The molecule has 2 fully saturated rings. The van der Waals surface area contributed by atoms with Crippen LogP contribution >= 0.6 is 0 Å². The first-order chi connectivity index (χ1) is 6.75. The van der Waals surface area contributed by atoms with Crippen molar-refractivity contribution in [2.24, 2.45) is 17.1 Å². The van der Waals surface area contributed by atoms with Crippen molar-refractivity contribution in [2.75, 3.05) is 0 Å². The second kappa shape index (κ2) is 4.22. The quantitative estimate of drug-likeness (QED) is 0.681. The van der Waals surface area contributed by atoms with Crippen LogP contribution in [-0.2, 0) is 0 Å². The van der Waals surface area contributed by atoms with E-state index in [0.29, 0.717) is 11.5 Å². The summed E-state index contributed by atoms with van der Waals surface area (Å²) in [7, 11) is 0. The lowest BCUT2D eigenvalue weighted by molar-refractivity contribution is 0.0355. The van der Waals surface area contributed by atoms with E-state index in [-0.39, 0.29) is 0 Å². The van der Waals surface area contributed by atoms with Gasteiger partial charge in [-0.3, -0.25) is 0 Å². The van der Waals surface area contributed by atoms with Crippen LogP contribution in [0.15, 0.2) is 0 Å². The fourth-order valence-electron chi connectivity index (χ4n) is 4.03. The molecule has 2 saturated carbocycles. The molecule has 14 heavy (non-hydrogen) atoms. The van der Waals surface area contributed by atoms with Crippen molar-refractivity contribution in [3.63, 3.8) is 0 Å². The van der Waals surface area contributed by atoms with Crippen LogP contribution in [0.25, 0.3) is 0 Å². The lowest BCUT2D eigenvalue weighted by Gasteiger charge is -2.48.